The zero-order chi connectivity index (χ0) is 19.1. The number of carbonyl (C=O) groups is 4. The first kappa shape index (κ1) is 18.7. The van der Waals surface area contributed by atoms with Crippen LogP contribution in [0.15, 0.2) is 36.4 Å². The standard InChI is InChI=1S/C18H14O8/c1-23-15-7-11(9-19)3-5-13(15)25-17(21)18(22)26-14-6-4-12(10-20)8-16(14)24-2/h3-10H,1-2H3. The van der Waals surface area contributed by atoms with E-state index in [1.54, 1.807) is 0 Å². The molecule has 0 unspecified atom stereocenters. The van der Waals surface area contributed by atoms with Crippen LogP contribution in [0.4, 0.5) is 0 Å². The van der Waals surface area contributed by atoms with Gasteiger partial charge in [0, 0.05) is 11.1 Å². The van der Waals surface area contributed by atoms with E-state index in [-0.39, 0.29) is 23.0 Å². The van der Waals surface area contributed by atoms with Crippen molar-refractivity contribution >= 4 is 24.5 Å². The van der Waals surface area contributed by atoms with E-state index in [0.717, 1.165) is 0 Å². The van der Waals surface area contributed by atoms with E-state index in [9.17, 15) is 19.2 Å². The minimum absolute atomic E-state index is 0.0525. The number of hydrogen-bond acceptors (Lipinski definition) is 8. The maximum absolute atomic E-state index is 11.9. The highest BCUT2D eigenvalue weighted by Gasteiger charge is 2.23. The van der Waals surface area contributed by atoms with Crippen LogP contribution in [-0.2, 0) is 9.59 Å². The summed E-state index contributed by atoms with van der Waals surface area (Å²) in [6.07, 6.45) is 1.19. The molecule has 2 aromatic carbocycles. The number of esters is 2. The van der Waals surface area contributed by atoms with Crippen molar-refractivity contribution in [1.29, 1.82) is 0 Å². The minimum Gasteiger partial charge on any atom is -0.493 e. The van der Waals surface area contributed by atoms with Crippen LogP contribution in [0.1, 0.15) is 20.7 Å². The molecular formula is C18H14O8. The largest absolute Gasteiger partial charge is 0.493 e. The molecule has 0 saturated heterocycles. The van der Waals surface area contributed by atoms with E-state index in [1.165, 1.54) is 50.6 Å². The van der Waals surface area contributed by atoms with E-state index in [0.29, 0.717) is 23.7 Å². The summed E-state index contributed by atoms with van der Waals surface area (Å²) in [7, 11) is 2.64. The van der Waals surface area contributed by atoms with Crippen LogP contribution in [0.3, 0.4) is 0 Å². The van der Waals surface area contributed by atoms with Crippen molar-refractivity contribution in [1.82, 2.24) is 0 Å². The molecule has 0 spiro atoms. The van der Waals surface area contributed by atoms with Crippen LogP contribution in [0.2, 0.25) is 0 Å². The summed E-state index contributed by atoms with van der Waals surface area (Å²) in [6, 6.07) is 8.11. The van der Waals surface area contributed by atoms with Crippen LogP contribution in [0, 0.1) is 0 Å². The number of ether oxygens (including phenoxy) is 4. The molecule has 0 fully saturated rings. The number of methoxy groups -OCH3 is 2. The van der Waals surface area contributed by atoms with Crippen molar-refractivity contribution in [3.63, 3.8) is 0 Å². The Morgan fingerprint density at radius 2 is 1.08 bits per heavy atom. The summed E-state index contributed by atoms with van der Waals surface area (Å²) in [5.41, 5.74) is 0.619. The lowest BCUT2D eigenvalue weighted by Crippen LogP contribution is -2.25. The first-order chi connectivity index (χ1) is 12.5. The van der Waals surface area contributed by atoms with E-state index in [1.807, 2.05) is 0 Å². The first-order valence-corrected chi connectivity index (χ1v) is 7.22. The molecular weight excluding hydrogens is 344 g/mol. The van der Waals surface area contributed by atoms with Gasteiger partial charge < -0.3 is 18.9 Å². The Kier molecular flexibility index (Phi) is 6.05. The molecule has 0 amide bonds. The van der Waals surface area contributed by atoms with Crippen molar-refractivity contribution in [2.45, 2.75) is 0 Å². The Labute approximate surface area is 148 Å². The maximum atomic E-state index is 11.9. The SMILES string of the molecule is COc1cc(C=O)ccc1OC(=O)C(=O)Oc1ccc(C=O)cc1OC. The molecule has 0 aliphatic heterocycles. The van der Waals surface area contributed by atoms with Crippen molar-refractivity contribution in [3.8, 4) is 23.0 Å². The van der Waals surface area contributed by atoms with Gasteiger partial charge in [-0.1, -0.05) is 0 Å². The van der Waals surface area contributed by atoms with Gasteiger partial charge in [0.05, 0.1) is 14.2 Å². The van der Waals surface area contributed by atoms with Crippen LogP contribution in [0.25, 0.3) is 0 Å². The molecule has 2 aromatic rings. The van der Waals surface area contributed by atoms with Crippen molar-refractivity contribution < 1.29 is 38.1 Å². The average Bonchev–Trinajstić information content (AvgIpc) is 2.68. The molecule has 0 aromatic heterocycles. The van der Waals surface area contributed by atoms with Gasteiger partial charge in [0.25, 0.3) is 0 Å². The topological polar surface area (TPSA) is 105 Å². The number of benzene rings is 2. The van der Waals surface area contributed by atoms with Crippen molar-refractivity contribution in [3.05, 3.63) is 47.5 Å². The van der Waals surface area contributed by atoms with Crippen LogP contribution in [-0.4, -0.2) is 38.7 Å². The van der Waals surface area contributed by atoms with Gasteiger partial charge in [-0.3, -0.25) is 9.59 Å². The van der Waals surface area contributed by atoms with Crippen LogP contribution >= 0.6 is 0 Å². The second-order valence-electron chi connectivity index (χ2n) is 4.84. The third-order valence-electron chi connectivity index (χ3n) is 3.22. The molecule has 8 heteroatoms. The van der Waals surface area contributed by atoms with Crippen LogP contribution in [0.5, 0.6) is 23.0 Å². The van der Waals surface area contributed by atoms with Crippen molar-refractivity contribution in [2.75, 3.05) is 14.2 Å². The number of carbonyl (C=O) groups excluding carboxylic acids is 4. The molecule has 0 saturated carbocycles. The average molecular weight is 358 g/mol. The Bertz CT molecular complexity index is 785. The summed E-state index contributed by atoms with van der Waals surface area (Å²) < 4.78 is 19.9. The quantitative estimate of drug-likeness (QED) is 0.333. The molecule has 8 nitrogen and oxygen atoms in total. The third kappa shape index (κ3) is 4.23. The maximum Gasteiger partial charge on any atom is 0.423 e. The molecule has 0 aliphatic carbocycles. The van der Waals surface area contributed by atoms with Gasteiger partial charge >= 0.3 is 11.9 Å². The second-order valence-corrected chi connectivity index (χ2v) is 4.84. The molecule has 26 heavy (non-hydrogen) atoms. The highest BCUT2D eigenvalue weighted by atomic mass is 16.6. The van der Waals surface area contributed by atoms with Gasteiger partial charge in [0.1, 0.15) is 12.6 Å². The van der Waals surface area contributed by atoms with E-state index < -0.39 is 11.9 Å². The molecule has 0 N–H and O–H groups in total. The molecule has 0 bridgehead atoms. The van der Waals surface area contributed by atoms with E-state index in [2.05, 4.69) is 0 Å². The van der Waals surface area contributed by atoms with Crippen LogP contribution < -0.4 is 18.9 Å². The van der Waals surface area contributed by atoms with E-state index in [4.69, 9.17) is 18.9 Å². The van der Waals surface area contributed by atoms with Crippen molar-refractivity contribution in [2.24, 2.45) is 0 Å². The predicted molar refractivity (Wildman–Crippen MR) is 88.0 cm³/mol. The van der Waals surface area contributed by atoms with Gasteiger partial charge in [-0.15, -0.1) is 0 Å². The second kappa shape index (κ2) is 8.43. The van der Waals surface area contributed by atoms with E-state index >= 15 is 0 Å². The summed E-state index contributed by atoms with van der Waals surface area (Å²) in [6.45, 7) is 0. The Morgan fingerprint density at radius 3 is 1.38 bits per heavy atom. The minimum atomic E-state index is -1.30. The Balaban J connectivity index is 2.15. The van der Waals surface area contributed by atoms with Gasteiger partial charge in [0.15, 0.2) is 23.0 Å². The highest BCUT2D eigenvalue weighted by Crippen LogP contribution is 2.29. The number of rotatable bonds is 6. The summed E-state index contributed by atoms with van der Waals surface area (Å²) in [5.74, 6) is -2.51. The normalized spacial score (nSPS) is 9.77. The summed E-state index contributed by atoms with van der Waals surface area (Å²) in [4.78, 5) is 45.4. The number of hydrogen-bond donors (Lipinski definition) is 0. The zero-order valence-corrected chi connectivity index (χ0v) is 13.9. The smallest absolute Gasteiger partial charge is 0.423 e. The van der Waals surface area contributed by atoms with Gasteiger partial charge in [0.2, 0.25) is 0 Å². The lowest BCUT2D eigenvalue weighted by atomic mass is 10.2. The van der Waals surface area contributed by atoms with Gasteiger partial charge in [-0.25, -0.2) is 9.59 Å². The molecule has 0 atom stereocenters. The summed E-state index contributed by atoms with van der Waals surface area (Å²) in [5, 5.41) is 0. The fourth-order valence-electron chi connectivity index (χ4n) is 1.97. The molecule has 0 heterocycles. The Morgan fingerprint density at radius 1 is 0.692 bits per heavy atom. The Hall–Kier alpha value is -3.68. The lowest BCUT2D eigenvalue weighted by Gasteiger charge is -2.11. The fraction of sp³-hybridized carbons (Fsp3) is 0.111. The summed E-state index contributed by atoms with van der Waals surface area (Å²) >= 11 is 0. The van der Waals surface area contributed by atoms with Gasteiger partial charge in [-0.05, 0) is 36.4 Å². The predicted octanol–water partition coefficient (Wildman–Crippen LogP) is 1.84. The molecule has 0 aliphatic rings. The number of aldehydes is 2. The first-order valence-electron chi connectivity index (χ1n) is 7.22. The third-order valence-corrected chi connectivity index (χ3v) is 3.22. The molecule has 0 radical (unpaired) electrons. The zero-order valence-electron chi connectivity index (χ0n) is 13.9. The molecule has 2 rings (SSSR count). The highest BCUT2D eigenvalue weighted by molar-refractivity contribution is 6.31. The monoisotopic (exact) mass is 358 g/mol. The van der Waals surface area contributed by atoms with Gasteiger partial charge in [-0.2, -0.15) is 0 Å². The fourth-order valence-corrected chi connectivity index (χ4v) is 1.97. The molecule has 134 valence electrons. The lowest BCUT2D eigenvalue weighted by molar-refractivity contribution is -0.156.